The number of hydrogen-bond donors (Lipinski definition) is 1. The van der Waals surface area contributed by atoms with Crippen LogP contribution in [0.3, 0.4) is 0 Å². The molecule has 0 spiro atoms. The van der Waals surface area contributed by atoms with Gasteiger partial charge in [-0.1, -0.05) is 30.3 Å². The van der Waals surface area contributed by atoms with Crippen molar-refractivity contribution in [3.63, 3.8) is 0 Å². The summed E-state index contributed by atoms with van der Waals surface area (Å²) in [5, 5.41) is 11.5. The van der Waals surface area contributed by atoms with Gasteiger partial charge < -0.3 is 10.1 Å². The molecule has 9 heteroatoms. The van der Waals surface area contributed by atoms with E-state index >= 15 is 0 Å². The Morgan fingerprint density at radius 3 is 2.43 bits per heavy atom. The number of aryl methyl sites for hydroxylation is 1. The Hall–Kier alpha value is -3.38. The van der Waals surface area contributed by atoms with Crippen molar-refractivity contribution in [3.8, 4) is 6.07 Å². The van der Waals surface area contributed by atoms with Gasteiger partial charge >= 0.3 is 5.97 Å². The van der Waals surface area contributed by atoms with Crippen LogP contribution in [0.25, 0.3) is 0 Å². The number of anilines is 2. The van der Waals surface area contributed by atoms with E-state index < -0.39 is 35.1 Å². The molecule has 28 heavy (non-hydrogen) atoms. The molecule has 8 nitrogen and oxygen atoms in total. The van der Waals surface area contributed by atoms with Gasteiger partial charge in [-0.2, -0.15) is 5.26 Å². The standard InChI is InChI=1S/C19H19N3O5S/c1-14-7-3-6-10-17(14)22(28(2,25)26)12-19(24)27-13-18(23)21-16-9-5-4-8-15(16)11-20/h3-10H,12-13H2,1-2H3,(H,21,23). The zero-order chi connectivity index (χ0) is 20.7. The van der Waals surface area contributed by atoms with Crippen LogP contribution in [0.15, 0.2) is 48.5 Å². The molecule has 0 atom stereocenters. The number of amides is 1. The third-order valence-electron chi connectivity index (χ3n) is 3.74. The SMILES string of the molecule is Cc1ccccc1N(CC(=O)OCC(=O)Nc1ccccc1C#N)S(C)(=O)=O. The molecule has 0 saturated carbocycles. The fourth-order valence-electron chi connectivity index (χ4n) is 2.41. The minimum absolute atomic E-state index is 0.269. The van der Waals surface area contributed by atoms with Gasteiger partial charge in [0.15, 0.2) is 6.61 Å². The van der Waals surface area contributed by atoms with Crippen molar-refractivity contribution in [2.24, 2.45) is 0 Å². The van der Waals surface area contributed by atoms with E-state index in [9.17, 15) is 18.0 Å². The van der Waals surface area contributed by atoms with E-state index in [1.807, 2.05) is 6.07 Å². The highest BCUT2D eigenvalue weighted by molar-refractivity contribution is 7.92. The highest BCUT2D eigenvalue weighted by atomic mass is 32.2. The van der Waals surface area contributed by atoms with Crippen LogP contribution < -0.4 is 9.62 Å². The van der Waals surface area contributed by atoms with Crippen LogP contribution >= 0.6 is 0 Å². The summed E-state index contributed by atoms with van der Waals surface area (Å²) < 4.78 is 30.0. The Labute approximate surface area is 163 Å². The molecule has 0 aromatic heterocycles. The minimum atomic E-state index is -3.74. The van der Waals surface area contributed by atoms with E-state index in [0.717, 1.165) is 10.6 Å². The second-order valence-electron chi connectivity index (χ2n) is 5.92. The number of carbonyl (C=O) groups is 2. The number of nitriles is 1. The quantitative estimate of drug-likeness (QED) is 0.707. The normalized spacial score (nSPS) is 10.6. The summed E-state index contributed by atoms with van der Waals surface area (Å²) in [7, 11) is -3.74. The molecular formula is C19H19N3O5S. The van der Waals surface area contributed by atoms with Crippen LogP contribution in [0.5, 0.6) is 0 Å². The average Bonchev–Trinajstić information content (AvgIpc) is 2.65. The molecular weight excluding hydrogens is 382 g/mol. The lowest BCUT2D eigenvalue weighted by Gasteiger charge is -2.23. The van der Waals surface area contributed by atoms with Crippen molar-refractivity contribution in [2.75, 3.05) is 29.0 Å². The summed E-state index contributed by atoms with van der Waals surface area (Å²) in [5.74, 6) is -1.52. The zero-order valence-electron chi connectivity index (χ0n) is 15.4. The van der Waals surface area contributed by atoms with E-state index in [4.69, 9.17) is 10.00 Å². The number of nitrogens with zero attached hydrogens (tertiary/aromatic N) is 2. The predicted molar refractivity (Wildman–Crippen MR) is 104 cm³/mol. The van der Waals surface area contributed by atoms with Gasteiger partial charge in [0.25, 0.3) is 5.91 Å². The van der Waals surface area contributed by atoms with Crippen molar-refractivity contribution >= 4 is 33.3 Å². The maximum absolute atomic E-state index is 12.1. The molecule has 2 rings (SSSR count). The topological polar surface area (TPSA) is 117 Å². The molecule has 0 fully saturated rings. The van der Waals surface area contributed by atoms with E-state index in [1.54, 1.807) is 49.4 Å². The first kappa shape index (κ1) is 20.9. The molecule has 2 aromatic rings. The van der Waals surface area contributed by atoms with Crippen molar-refractivity contribution in [2.45, 2.75) is 6.92 Å². The largest absolute Gasteiger partial charge is 0.454 e. The highest BCUT2D eigenvalue weighted by Gasteiger charge is 2.23. The molecule has 0 aliphatic rings. The second-order valence-corrected chi connectivity index (χ2v) is 7.83. The molecule has 0 unspecified atom stereocenters. The Kier molecular flexibility index (Phi) is 6.74. The first-order chi connectivity index (χ1) is 13.2. The first-order valence-corrected chi connectivity index (χ1v) is 10.0. The maximum atomic E-state index is 12.1. The molecule has 0 aliphatic carbocycles. The van der Waals surface area contributed by atoms with Gasteiger partial charge in [-0.25, -0.2) is 8.42 Å². The first-order valence-electron chi connectivity index (χ1n) is 8.20. The predicted octanol–water partition coefficient (Wildman–Crippen LogP) is 1.81. The molecule has 0 aliphatic heterocycles. The fraction of sp³-hybridized carbons (Fsp3) is 0.211. The number of esters is 1. The van der Waals surface area contributed by atoms with Crippen LogP contribution in [-0.2, 0) is 24.3 Å². The number of ether oxygens (including phenoxy) is 1. The molecule has 2 aromatic carbocycles. The number of para-hydroxylation sites is 2. The lowest BCUT2D eigenvalue weighted by Crippen LogP contribution is -2.37. The zero-order valence-corrected chi connectivity index (χ0v) is 16.2. The van der Waals surface area contributed by atoms with Crippen LogP contribution in [0.1, 0.15) is 11.1 Å². The molecule has 1 amide bonds. The van der Waals surface area contributed by atoms with E-state index in [2.05, 4.69) is 5.32 Å². The molecule has 0 heterocycles. The van der Waals surface area contributed by atoms with Crippen LogP contribution in [0, 0.1) is 18.3 Å². The van der Waals surface area contributed by atoms with E-state index in [-0.39, 0.29) is 5.56 Å². The van der Waals surface area contributed by atoms with Crippen molar-refractivity contribution in [1.29, 1.82) is 5.26 Å². The molecule has 0 saturated heterocycles. The number of nitrogens with one attached hydrogen (secondary N) is 1. The number of hydrogen-bond acceptors (Lipinski definition) is 6. The van der Waals surface area contributed by atoms with Gasteiger partial charge in [-0.3, -0.25) is 13.9 Å². The minimum Gasteiger partial charge on any atom is -0.454 e. The summed E-state index contributed by atoms with van der Waals surface area (Å²) in [4.78, 5) is 24.1. The number of benzene rings is 2. The van der Waals surface area contributed by atoms with Gasteiger partial charge in [0.1, 0.15) is 12.6 Å². The van der Waals surface area contributed by atoms with Gasteiger partial charge in [-0.15, -0.1) is 0 Å². The van der Waals surface area contributed by atoms with Crippen molar-refractivity contribution in [3.05, 3.63) is 59.7 Å². The Bertz CT molecular complexity index is 1030. The average molecular weight is 401 g/mol. The van der Waals surface area contributed by atoms with Crippen LogP contribution in [-0.4, -0.2) is 39.7 Å². The Balaban J connectivity index is 2.01. The molecule has 1 N–H and O–H groups in total. The van der Waals surface area contributed by atoms with Gasteiger partial charge in [-0.05, 0) is 30.7 Å². The second kappa shape index (κ2) is 9.01. The maximum Gasteiger partial charge on any atom is 0.327 e. The third kappa shape index (κ3) is 5.56. The van der Waals surface area contributed by atoms with Crippen molar-refractivity contribution in [1.82, 2.24) is 0 Å². The molecule has 0 radical (unpaired) electrons. The monoisotopic (exact) mass is 401 g/mol. The summed E-state index contributed by atoms with van der Waals surface area (Å²) in [6, 6.07) is 15.0. The summed E-state index contributed by atoms with van der Waals surface area (Å²) in [6.07, 6.45) is 0.984. The molecule has 0 bridgehead atoms. The lowest BCUT2D eigenvalue weighted by atomic mass is 10.2. The summed E-state index contributed by atoms with van der Waals surface area (Å²) in [6.45, 7) is 0.550. The number of sulfonamides is 1. The van der Waals surface area contributed by atoms with Gasteiger partial charge in [0.2, 0.25) is 10.0 Å². The van der Waals surface area contributed by atoms with Crippen molar-refractivity contribution < 1.29 is 22.7 Å². The summed E-state index contributed by atoms with van der Waals surface area (Å²) >= 11 is 0. The van der Waals surface area contributed by atoms with Crippen LogP contribution in [0.4, 0.5) is 11.4 Å². The van der Waals surface area contributed by atoms with E-state index in [0.29, 0.717) is 16.9 Å². The summed E-state index contributed by atoms with van der Waals surface area (Å²) in [5.41, 5.74) is 1.59. The fourth-order valence-corrected chi connectivity index (χ4v) is 3.31. The third-order valence-corrected chi connectivity index (χ3v) is 4.87. The number of rotatable bonds is 7. The Morgan fingerprint density at radius 1 is 1.14 bits per heavy atom. The van der Waals surface area contributed by atoms with Gasteiger partial charge in [0, 0.05) is 0 Å². The smallest absolute Gasteiger partial charge is 0.327 e. The number of carbonyl (C=O) groups excluding carboxylic acids is 2. The highest BCUT2D eigenvalue weighted by Crippen LogP contribution is 2.21. The Morgan fingerprint density at radius 2 is 1.79 bits per heavy atom. The van der Waals surface area contributed by atoms with Gasteiger partial charge in [0.05, 0.1) is 23.2 Å². The van der Waals surface area contributed by atoms with Crippen LogP contribution in [0.2, 0.25) is 0 Å². The molecule has 146 valence electrons. The van der Waals surface area contributed by atoms with E-state index in [1.165, 1.54) is 6.07 Å². The lowest BCUT2D eigenvalue weighted by molar-refractivity contribution is -0.145.